The molecule has 1 aromatic carbocycles. The normalized spacial score (nSPS) is 21.1. The Bertz CT molecular complexity index is 458. The molecule has 0 saturated heterocycles. The Hall–Kier alpha value is -1.03. The van der Waals surface area contributed by atoms with E-state index < -0.39 is 0 Å². The lowest BCUT2D eigenvalue weighted by atomic mass is 9.85. The van der Waals surface area contributed by atoms with Crippen molar-refractivity contribution in [1.29, 1.82) is 0 Å². The molecule has 0 spiro atoms. The van der Waals surface area contributed by atoms with Crippen molar-refractivity contribution in [3.63, 3.8) is 0 Å². The number of rotatable bonds is 6. The standard InChI is InChI=1S/C16H22BrNO2/c1-12-4-3-5-15(8-12)20-7-6-16(19)18(2)11-13-9-14(17)10-13/h3-5,8,13-14H,6-7,9-11H2,1-2H3. The van der Waals surface area contributed by atoms with Crippen LogP contribution in [0.1, 0.15) is 24.8 Å². The highest BCUT2D eigenvalue weighted by atomic mass is 79.9. The molecule has 1 fully saturated rings. The summed E-state index contributed by atoms with van der Waals surface area (Å²) in [6, 6.07) is 7.90. The van der Waals surface area contributed by atoms with Crippen molar-refractivity contribution in [2.45, 2.75) is 31.0 Å². The summed E-state index contributed by atoms with van der Waals surface area (Å²) < 4.78 is 5.61. The van der Waals surface area contributed by atoms with E-state index in [1.807, 2.05) is 43.1 Å². The van der Waals surface area contributed by atoms with E-state index in [1.165, 1.54) is 18.4 Å². The fourth-order valence-corrected chi connectivity index (χ4v) is 3.50. The van der Waals surface area contributed by atoms with Gasteiger partial charge in [-0.15, -0.1) is 0 Å². The monoisotopic (exact) mass is 339 g/mol. The third-order valence-corrected chi connectivity index (χ3v) is 4.46. The highest BCUT2D eigenvalue weighted by Gasteiger charge is 2.28. The summed E-state index contributed by atoms with van der Waals surface area (Å²) in [5, 5.41) is 0. The zero-order chi connectivity index (χ0) is 14.5. The van der Waals surface area contributed by atoms with Gasteiger partial charge in [0.2, 0.25) is 5.91 Å². The van der Waals surface area contributed by atoms with Gasteiger partial charge in [-0.05, 0) is 43.4 Å². The van der Waals surface area contributed by atoms with E-state index in [-0.39, 0.29) is 5.91 Å². The SMILES string of the molecule is Cc1cccc(OCCC(=O)N(C)CC2CC(Br)C2)c1. The Morgan fingerprint density at radius 3 is 2.85 bits per heavy atom. The molecule has 1 aromatic rings. The Labute approximate surface area is 129 Å². The number of benzene rings is 1. The van der Waals surface area contributed by atoms with Crippen molar-refractivity contribution in [2.24, 2.45) is 5.92 Å². The van der Waals surface area contributed by atoms with Crippen LogP contribution in [0.4, 0.5) is 0 Å². The minimum Gasteiger partial charge on any atom is -0.493 e. The molecule has 2 rings (SSSR count). The van der Waals surface area contributed by atoms with Crippen LogP contribution in [-0.4, -0.2) is 35.8 Å². The summed E-state index contributed by atoms with van der Waals surface area (Å²) in [5.41, 5.74) is 1.17. The molecule has 1 saturated carbocycles. The predicted molar refractivity (Wildman–Crippen MR) is 84.4 cm³/mol. The first-order chi connectivity index (χ1) is 9.54. The van der Waals surface area contributed by atoms with E-state index >= 15 is 0 Å². The number of nitrogens with zero attached hydrogens (tertiary/aromatic N) is 1. The van der Waals surface area contributed by atoms with Gasteiger partial charge in [-0.1, -0.05) is 28.1 Å². The Morgan fingerprint density at radius 2 is 2.20 bits per heavy atom. The van der Waals surface area contributed by atoms with Gasteiger partial charge in [0.15, 0.2) is 0 Å². The molecule has 0 heterocycles. The van der Waals surface area contributed by atoms with Crippen molar-refractivity contribution < 1.29 is 9.53 Å². The highest BCUT2D eigenvalue weighted by molar-refractivity contribution is 9.09. The van der Waals surface area contributed by atoms with Crippen LogP contribution in [0, 0.1) is 12.8 Å². The Balaban J connectivity index is 1.66. The van der Waals surface area contributed by atoms with Gasteiger partial charge in [-0.25, -0.2) is 0 Å². The number of alkyl halides is 1. The molecular weight excluding hydrogens is 318 g/mol. The van der Waals surface area contributed by atoms with Crippen LogP contribution in [0.25, 0.3) is 0 Å². The van der Waals surface area contributed by atoms with Crippen LogP contribution in [0.15, 0.2) is 24.3 Å². The van der Waals surface area contributed by atoms with E-state index in [2.05, 4.69) is 15.9 Å². The first-order valence-electron chi connectivity index (χ1n) is 7.12. The van der Waals surface area contributed by atoms with E-state index in [9.17, 15) is 4.79 Å². The van der Waals surface area contributed by atoms with E-state index in [0.717, 1.165) is 12.3 Å². The second-order valence-corrected chi connectivity index (χ2v) is 6.92. The molecular formula is C16H22BrNO2. The minimum absolute atomic E-state index is 0.163. The lowest BCUT2D eigenvalue weighted by molar-refractivity contribution is -0.131. The average molecular weight is 340 g/mol. The number of ether oxygens (including phenoxy) is 1. The van der Waals surface area contributed by atoms with Gasteiger partial charge >= 0.3 is 0 Å². The van der Waals surface area contributed by atoms with Gasteiger partial charge in [0, 0.05) is 18.4 Å². The van der Waals surface area contributed by atoms with Gasteiger partial charge in [0.25, 0.3) is 0 Å². The molecule has 0 aromatic heterocycles. The van der Waals surface area contributed by atoms with Crippen LogP contribution in [0.2, 0.25) is 0 Å². The van der Waals surface area contributed by atoms with Gasteiger partial charge < -0.3 is 9.64 Å². The van der Waals surface area contributed by atoms with E-state index in [1.54, 1.807) is 0 Å². The molecule has 0 N–H and O–H groups in total. The summed E-state index contributed by atoms with van der Waals surface area (Å²) in [6.07, 6.45) is 2.80. The van der Waals surface area contributed by atoms with Gasteiger partial charge in [-0.2, -0.15) is 0 Å². The third kappa shape index (κ3) is 4.51. The lowest BCUT2D eigenvalue weighted by Crippen LogP contribution is -2.38. The molecule has 0 unspecified atom stereocenters. The maximum atomic E-state index is 12.0. The van der Waals surface area contributed by atoms with E-state index in [0.29, 0.717) is 23.8 Å². The molecule has 0 atom stereocenters. The molecule has 0 aliphatic heterocycles. The second-order valence-electron chi connectivity index (χ2n) is 5.62. The number of hydrogen-bond donors (Lipinski definition) is 0. The number of aryl methyl sites for hydroxylation is 1. The van der Waals surface area contributed by atoms with Crippen molar-refractivity contribution in [3.05, 3.63) is 29.8 Å². The second kappa shape index (κ2) is 7.11. The first kappa shape index (κ1) is 15.4. The highest BCUT2D eigenvalue weighted by Crippen LogP contribution is 2.33. The van der Waals surface area contributed by atoms with Crippen molar-refractivity contribution in [3.8, 4) is 5.75 Å². The van der Waals surface area contributed by atoms with Gasteiger partial charge in [0.1, 0.15) is 5.75 Å². The summed E-state index contributed by atoms with van der Waals surface area (Å²) in [6.45, 7) is 3.34. The van der Waals surface area contributed by atoms with Gasteiger partial charge in [0.05, 0.1) is 13.0 Å². The summed E-state index contributed by atoms with van der Waals surface area (Å²) in [4.78, 5) is 14.5. The Morgan fingerprint density at radius 1 is 1.45 bits per heavy atom. The predicted octanol–water partition coefficient (Wildman–Crippen LogP) is 3.40. The lowest BCUT2D eigenvalue weighted by Gasteiger charge is -2.34. The zero-order valence-corrected chi connectivity index (χ0v) is 13.7. The van der Waals surface area contributed by atoms with E-state index in [4.69, 9.17) is 4.74 Å². The number of hydrogen-bond acceptors (Lipinski definition) is 2. The quantitative estimate of drug-likeness (QED) is 0.743. The molecule has 0 bridgehead atoms. The zero-order valence-electron chi connectivity index (χ0n) is 12.1. The molecule has 1 amide bonds. The number of halogens is 1. The number of carbonyl (C=O) groups excluding carboxylic acids is 1. The fraction of sp³-hybridized carbons (Fsp3) is 0.562. The summed E-state index contributed by atoms with van der Waals surface area (Å²) in [7, 11) is 1.89. The minimum atomic E-state index is 0.163. The summed E-state index contributed by atoms with van der Waals surface area (Å²) >= 11 is 3.58. The van der Waals surface area contributed by atoms with Gasteiger partial charge in [-0.3, -0.25) is 4.79 Å². The number of amides is 1. The van der Waals surface area contributed by atoms with Crippen LogP contribution in [0.3, 0.4) is 0 Å². The first-order valence-corrected chi connectivity index (χ1v) is 8.03. The van der Waals surface area contributed by atoms with Crippen molar-refractivity contribution in [1.82, 2.24) is 4.90 Å². The van der Waals surface area contributed by atoms with Crippen LogP contribution in [-0.2, 0) is 4.79 Å². The fourth-order valence-electron chi connectivity index (χ4n) is 2.44. The molecule has 1 aliphatic rings. The maximum absolute atomic E-state index is 12.0. The third-order valence-electron chi connectivity index (χ3n) is 3.71. The van der Waals surface area contributed by atoms with Crippen LogP contribution in [0.5, 0.6) is 5.75 Å². The number of carbonyl (C=O) groups is 1. The topological polar surface area (TPSA) is 29.5 Å². The van der Waals surface area contributed by atoms with Crippen LogP contribution < -0.4 is 4.74 Å². The molecule has 4 heteroatoms. The smallest absolute Gasteiger partial charge is 0.225 e. The molecule has 110 valence electrons. The summed E-state index contributed by atoms with van der Waals surface area (Å²) in [5.74, 6) is 1.66. The molecule has 0 radical (unpaired) electrons. The Kier molecular flexibility index (Phi) is 5.46. The maximum Gasteiger partial charge on any atom is 0.225 e. The van der Waals surface area contributed by atoms with Crippen LogP contribution >= 0.6 is 15.9 Å². The van der Waals surface area contributed by atoms with Crippen molar-refractivity contribution >= 4 is 21.8 Å². The molecule has 20 heavy (non-hydrogen) atoms. The largest absolute Gasteiger partial charge is 0.493 e. The average Bonchev–Trinajstić information content (AvgIpc) is 2.36. The molecule has 1 aliphatic carbocycles. The van der Waals surface area contributed by atoms with Crippen molar-refractivity contribution in [2.75, 3.05) is 20.2 Å². The molecule has 3 nitrogen and oxygen atoms in total.